The molecule has 0 amide bonds. The van der Waals surface area contributed by atoms with Crippen molar-refractivity contribution >= 4 is 98.7 Å². The maximum absolute atomic E-state index is 11.3. The summed E-state index contributed by atoms with van der Waals surface area (Å²) in [6.07, 6.45) is 13.1. The number of hydrogen-bond donors (Lipinski definition) is 2. The third-order valence-electron chi connectivity index (χ3n) is 12.7. The molecule has 9 rings (SSSR count). The molecule has 0 spiro atoms. The molecule has 0 atom stereocenters. The average Bonchev–Trinajstić information content (AvgIpc) is 3.41. The molecule has 0 aliphatic rings. The Labute approximate surface area is 424 Å². The van der Waals surface area contributed by atoms with Crippen molar-refractivity contribution in [3.8, 4) is 6.07 Å². The Morgan fingerprint density at radius 2 is 0.918 bits per heavy atom. The first-order chi connectivity index (χ1) is 35.5. The molecular formula is C66H47N3O4. The fourth-order valence-corrected chi connectivity index (χ4v) is 8.58. The molecular weight excluding hydrogens is 899 g/mol. The molecule has 2 N–H and O–H groups in total. The molecule has 0 aliphatic carbocycles. The van der Waals surface area contributed by atoms with Crippen LogP contribution in [0.3, 0.4) is 0 Å². The summed E-state index contributed by atoms with van der Waals surface area (Å²) in [5.41, 5.74) is 14.7. The lowest BCUT2D eigenvalue weighted by Crippen LogP contribution is -2.10. The predicted molar refractivity (Wildman–Crippen MR) is 300 cm³/mol. The number of anilines is 3. The van der Waals surface area contributed by atoms with Crippen molar-refractivity contribution in [2.24, 2.45) is 0 Å². The second-order valence-corrected chi connectivity index (χ2v) is 17.7. The third-order valence-corrected chi connectivity index (χ3v) is 12.7. The lowest BCUT2D eigenvalue weighted by molar-refractivity contribution is -0.133. The Balaban J connectivity index is 1.04. The van der Waals surface area contributed by atoms with E-state index in [4.69, 9.17) is 11.8 Å². The van der Waals surface area contributed by atoms with Gasteiger partial charge in [0.2, 0.25) is 0 Å². The van der Waals surface area contributed by atoms with E-state index in [2.05, 4.69) is 175 Å². The van der Waals surface area contributed by atoms with E-state index in [0.717, 1.165) is 77.6 Å². The quantitative estimate of drug-likeness (QED) is 0.0487. The highest BCUT2D eigenvalue weighted by Crippen LogP contribution is 2.39. The number of rotatable bonds is 14. The van der Waals surface area contributed by atoms with Crippen LogP contribution in [0.4, 0.5) is 17.1 Å². The number of aryl methyl sites for hydroxylation is 2. The fraction of sp³-hybridized carbons (Fsp3) is 0.0303. The van der Waals surface area contributed by atoms with E-state index in [1.165, 1.54) is 28.8 Å². The van der Waals surface area contributed by atoms with Crippen LogP contribution in [-0.4, -0.2) is 22.2 Å². The van der Waals surface area contributed by atoms with Gasteiger partial charge < -0.3 is 15.1 Å². The summed E-state index contributed by atoms with van der Waals surface area (Å²) in [7, 11) is 0. The van der Waals surface area contributed by atoms with Gasteiger partial charge in [0.1, 0.15) is 11.6 Å². The van der Waals surface area contributed by atoms with Gasteiger partial charge in [0.25, 0.3) is 5.70 Å². The van der Waals surface area contributed by atoms with Gasteiger partial charge >= 0.3 is 11.9 Å². The average molecular weight is 946 g/mol. The number of aliphatic carboxylic acids is 2. The summed E-state index contributed by atoms with van der Waals surface area (Å²) in [4.78, 5) is 28.0. The van der Waals surface area contributed by atoms with Crippen LogP contribution in [0.25, 0.3) is 74.5 Å². The minimum atomic E-state index is -1.25. The summed E-state index contributed by atoms with van der Waals surface area (Å²) in [5.74, 6) is -2.50. The first-order valence-electron chi connectivity index (χ1n) is 23.6. The van der Waals surface area contributed by atoms with Crippen LogP contribution >= 0.6 is 0 Å². The minimum Gasteiger partial charge on any atom is -0.486 e. The maximum Gasteiger partial charge on any atom is 0.346 e. The van der Waals surface area contributed by atoms with E-state index in [1.807, 2.05) is 48.6 Å². The van der Waals surface area contributed by atoms with Gasteiger partial charge in [-0.25, -0.2) is 9.64 Å². The molecule has 73 heavy (non-hydrogen) atoms. The molecule has 0 aliphatic heterocycles. The van der Waals surface area contributed by atoms with E-state index in [0.29, 0.717) is 11.1 Å². The number of hydrogen-bond acceptors (Lipinski definition) is 4. The maximum atomic E-state index is 11.3. The van der Waals surface area contributed by atoms with E-state index in [-0.39, 0.29) is 11.3 Å². The van der Waals surface area contributed by atoms with Crippen LogP contribution in [0, 0.1) is 31.8 Å². The topological polar surface area (TPSA) is 106 Å². The van der Waals surface area contributed by atoms with Crippen molar-refractivity contribution in [1.82, 2.24) is 0 Å². The Morgan fingerprint density at radius 1 is 0.466 bits per heavy atom. The third kappa shape index (κ3) is 11.5. The van der Waals surface area contributed by atoms with Crippen molar-refractivity contribution in [3.05, 3.63) is 278 Å². The van der Waals surface area contributed by atoms with Gasteiger partial charge in [0.05, 0.1) is 6.57 Å². The number of carboxylic acid groups (broad SMARTS) is 2. The number of carboxylic acids is 2. The number of benzene rings is 9. The fourth-order valence-electron chi connectivity index (χ4n) is 8.58. The SMILES string of the molecule is [C-]#[N+]/C(=C\c1ccc(/C=C/c2ccc3cc(N(c4ccc(/C=C(\c5ccccc5)c5ccc(C)c(C)c5)cc4)c4ccc5cc(/C=C/c6ccc(/C=C(\C#N)C(=O)O)cc6)ccc5c4)ccc3c2)cc1)C(=O)O. The number of nitriles is 1. The Morgan fingerprint density at radius 3 is 1.42 bits per heavy atom. The van der Waals surface area contributed by atoms with E-state index >= 15 is 0 Å². The van der Waals surface area contributed by atoms with Crippen molar-refractivity contribution in [1.29, 1.82) is 5.26 Å². The number of nitrogens with zero attached hydrogens (tertiary/aromatic N) is 3. The summed E-state index contributed by atoms with van der Waals surface area (Å²) in [6, 6.07) is 68.2. The van der Waals surface area contributed by atoms with Crippen molar-refractivity contribution < 1.29 is 19.8 Å². The van der Waals surface area contributed by atoms with Gasteiger partial charge in [-0.05, 0) is 169 Å². The summed E-state index contributed by atoms with van der Waals surface area (Å²) in [6.45, 7) is 11.4. The molecule has 9 aromatic rings. The summed E-state index contributed by atoms with van der Waals surface area (Å²) in [5, 5.41) is 31.9. The van der Waals surface area contributed by atoms with Gasteiger partial charge in [-0.1, -0.05) is 170 Å². The smallest absolute Gasteiger partial charge is 0.346 e. The molecule has 0 bridgehead atoms. The molecule has 0 heterocycles. The molecule has 7 heteroatoms. The van der Waals surface area contributed by atoms with Gasteiger partial charge in [0.15, 0.2) is 0 Å². The highest BCUT2D eigenvalue weighted by Gasteiger charge is 2.16. The van der Waals surface area contributed by atoms with Crippen molar-refractivity contribution in [2.75, 3.05) is 4.90 Å². The molecule has 0 aromatic heterocycles. The molecule has 0 radical (unpaired) electrons. The van der Waals surface area contributed by atoms with Gasteiger partial charge in [-0.2, -0.15) is 5.26 Å². The van der Waals surface area contributed by atoms with Crippen LogP contribution in [0.2, 0.25) is 0 Å². The Bertz CT molecular complexity index is 3630. The Kier molecular flexibility index (Phi) is 14.3. The first-order valence-corrected chi connectivity index (χ1v) is 23.6. The molecule has 0 saturated carbocycles. The number of carbonyl (C=O) groups is 2. The zero-order valence-electron chi connectivity index (χ0n) is 40.1. The first kappa shape index (κ1) is 48.0. The Hall–Kier alpha value is -10.1. The predicted octanol–water partition coefficient (Wildman–Crippen LogP) is 16.3. The second kappa shape index (κ2) is 21.7. The largest absolute Gasteiger partial charge is 0.486 e. The van der Waals surface area contributed by atoms with Gasteiger partial charge in [-0.3, -0.25) is 4.79 Å². The van der Waals surface area contributed by atoms with E-state index in [1.54, 1.807) is 30.3 Å². The molecule has 0 saturated heterocycles. The number of fused-ring (bicyclic) bond motifs is 2. The lowest BCUT2D eigenvalue weighted by atomic mass is 9.93. The second-order valence-electron chi connectivity index (χ2n) is 17.7. The highest BCUT2D eigenvalue weighted by atomic mass is 16.4. The highest BCUT2D eigenvalue weighted by molar-refractivity contribution is 5.98. The standard InChI is InChI=1S/C66H47N3O4/c1-44-9-26-58(35-45(44)2)63(53-7-5-4-6-8-53)39-51-24-31-60(32-25-51)69(61-33-29-54-36-49(22-27-56(54)41-61)18-12-46-10-16-48(17-11-46)38-59(43-67)65(70)71)62-34-30-55-37-50(23-28-57(55)42-62)19-13-47-14-20-52(21-15-47)40-64(68-3)66(72)73/h4-42H,1-2H3,(H,70,71)(H,72,73)/b18-12+,19-13+,59-38+,63-39+,64-40-. The van der Waals surface area contributed by atoms with Crippen LogP contribution in [0.5, 0.6) is 0 Å². The monoisotopic (exact) mass is 945 g/mol. The van der Waals surface area contributed by atoms with Crippen LogP contribution in [0.1, 0.15) is 61.2 Å². The molecule has 9 aromatic carbocycles. The lowest BCUT2D eigenvalue weighted by Gasteiger charge is -2.26. The normalized spacial score (nSPS) is 12.0. The minimum absolute atomic E-state index is 0.314. The van der Waals surface area contributed by atoms with Gasteiger partial charge in [0, 0.05) is 17.1 Å². The summed E-state index contributed by atoms with van der Waals surface area (Å²) < 4.78 is 0. The summed E-state index contributed by atoms with van der Waals surface area (Å²) >= 11 is 0. The van der Waals surface area contributed by atoms with Crippen LogP contribution < -0.4 is 4.90 Å². The van der Waals surface area contributed by atoms with Crippen LogP contribution in [-0.2, 0) is 9.59 Å². The molecule has 0 fully saturated rings. The van der Waals surface area contributed by atoms with E-state index in [9.17, 15) is 19.8 Å². The van der Waals surface area contributed by atoms with Crippen molar-refractivity contribution in [2.45, 2.75) is 13.8 Å². The zero-order chi connectivity index (χ0) is 50.8. The van der Waals surface area contributed by atoms with Gasteiger partial charge in [-0.15, -0.1) is 0 Å². The van der Waals surface area contributed by atoms with Crippen LogP contribution in [0.15, 0.2) is 205 Å². The molecule has 0 unspecified atom stereocenters. The van der Waals surface area contributed by atoms with Crippen molar-refractivity contribution in [3.63, 3.8) is 0 Å². The molecule has 350 valence electrons. The molecule has 7 nitrogen and oxygen atoms in total. The van der Waals surface area contributed by atoms with E-state index < -0.39 is 11.9 Å². The zero-order valence-corrected chi connectivity index (χ0v) is 40.1.